The molecule has 0 aliphatic rings. The second-order valence-corrected chi connectivity index (χ2v) is 4.64. The van der Waals surface area contributed by atoms with Crippen molar-refractivity contribution in [1.82, 2.24) is 0 Å². The average Bonchev–Trinajstić information content (AvgIpc) is 2.28. The van der Waals surface area contributed by atoms with E-state index in [9.17, 15) is 0 Å². The molecule has 84 valence electrons. The van der Waals surface area contributed by atoms with Crippen molar-refractivity contribution in [3.63, 3.8) is 0 Å². The minimum absolute atomic E-state index is 0.207. The number of nitrogens with two attached hydrogens (primary N) is 1. The van der Waals surface area contributed by atoms with Crippen LogP contribution in [-0.4, -0.2) is 0 Å². The number of hydrogen-bond acceptors (Lipinski definition) is 1. The zero-order valence-electron chi connectivity index (χ0n) is 10.4. The summed E-state index contributed by atoms with van der Waals surface area (Å²) in [5.41, 5.74) is 8.79. The third-order valence-corrected chi connectivity index (χ3v) is 3.62. The molecule has 1 nitrogen and oxygen atoms in total. The molecule has 0 bridgehead atoms. The fourth-order valence-electron chi connectivity index (χ4n) is 1.81. The molecule has 15 heavy (non-hydrogen) atoms. The first-order valence-electron chi connectivity index (χ1n) is 5.90. The zero-order valence-corrected chi connectivity index (χ0v) is 10.4. The summed E-state index contributed by atoms with van der Waals surface area (Å²) in [6.07, 6.45) is 2.20. The van der Waals surface area contributed by atoms with E-state index in [1.807, 2.05) is 0 Å². The molecule has 1 aromatic carbocycles. The van der Waals surface area contributed by atoms with E-state index in [0.717, 1.165) is 12.8 Å². The number of hydrogen-bond donors (Lipinski definition) is 1. The molecule has 0 saturated carbocycles. The lowest BCUT2D eigenvalue weighted by atomic mass is 9.80. The van der Waals surface area contributed by atoms with E-state index < -0.39 is 0 Å². The lowest BCUT2D eigenvalue weighted by Gasteiger charge is -2.31. The molecule has 2 N–H and O–H groups in total. The van der Waals surface area contributed by atoms with Crippen LogP contribution in [0.4, 0.5) is 0 Å². The Morgan fingerprint density at radius 1 is 1.20 bits per heavy atom. The van der Waals surface area contributed by atoms with Crippen LogP contribution in [-0.2, 0) is 12.0 Å². The highest BCUT2D eigenvalue weighted by atomic mass is 14.7. The monoisotopic (exact) mass is 205 g/mol. The molecule has 0 fully saturated rings. The van der Waals surface area contributed by atoms with Crippen molar-refractivity contribution in [3.8, 4) is 0 Å². The van der Waals surface area contributed by atoms with Crippen molar-refractivity contribution in [3.05, 3.63) is 35.4 Å². The zero-order chi connectivity index (χ0) is 11.5. The third kappa shape index (κ3) is 2.60. The molecule has 2 unspecified atom stereocenters. The molecule has 0 amide bonds. The molecular formula is C14H23N. The first kappa shape index (κ1) is 12.3. The van der Waals surface area contributed by atoms with E-state index in [0.29, 0.717) is 5.92 Å². The normalized spacial score (nSPS) is 17.1. The van der Waals surface area contributed by atoms with Crippen LogP contribution in [0, 0.1) is 5.92 Å². The van der Waals surface area contributed by atoms with Gasteiger partial charge in [-0.15, -0.1) is 0 Å². The SMILES string of the molecule is CCc1ccc(C(C)(N)C(C)CC)cc1. The molecule has 0 aromatic heterocycles. The molecule has 2 atom stereocenters. The lowest BCUT2D eigenvalue weighted by molar-refractivity contribution is 0.316. The van der Waals surface area contributed by atoms with Gasteiger partial charge >= 0.3 is 0 Å². The van der Waals surface area contributed by atoms with Crippen molar-refractivity contribution in [1.29, 1.82) is 0 Å². The van der Waals surface area contributed by atoms with Gasteiger partial charge in [-0.1, -0.05) is 51.5 Å². The molecule has 0 spiro atoms. The van der Waals surface area contributed by atoms with Gasteiger partial charge in [0.15, 0.2) is 0 Å². The van der Waals surface area contributed by atoms with E-state index >= 15 is 0 Å². The summed E-state index contributed by atoms with van der Waals surface area (Å²) in [7, 11) is 0. The van der Waals surface area contributed by atoms with Gasteiger partial charge in [0.25, 0.3) is 0 Å². The predicted molar refractivity (Wildman–Crippen MR) is 66.8 cm³/mol. The molecular weight excluding hydrogens is 182 g/mol. The Morgan fingerprint density at radius 3 is 2.13 bits per heavy atom. The smallest absolute Gasteiger partial charge is 0.0406 e. The highest BCUT2D eigenvalue weighted by Gasteiger charge is 2.26. The van der Waals surface area contributed by atoms with E-state index in [4.69, 9.17) is 5.73 Å². The van der Waals surface area contributed by atoms with Crippen molar-refractivity contribution in [2.45, 2.75) is 46.1 Å². The molecule has 0 radical (unpaired) electrons. The molecule has 0 heterocycles. The standard InChI is InChI=1S/C14H23N/c1-5-11(3)14(4,15)13-9-7-12(6-2)8-10-13/h7-11H,5-6,15H2,1-4H3. The molecule has 0 aliphatic heterocycles. The third-order valence-electron chi connectivity index (χ3n) is 3.62. The predicted octanol–water partition coefficient (Wildman–Crippen LogP) is 3.47. The lowest BCUT2D eigenvalue weighted by Crippen LogP contribution is -2.39. The Kier molecular flexibility index (Phi) is 3.92. The van der Waals surface area contributed by atoms with Crippen molar-refractivity contribution in [2.24, 2.45) is 11.7 Å². The Labute approximate surface area is 93.7 Å². The Morgan fingerprint density at radius 2 is 1.73 bits per heavy atom. The second kappa shape index (κ2) is 4.80. The molecule has 1 rings (SSSR count). The van der Waals surface area contributed by atoms with Crippen LogP contribution >= 0.6 is 0 Å². The molecule has 1 heteroatoms. The number of benzene rings is 1. The van der Waals surface area contributed by atoms with Gasteiger partial charge in [0.1, 0.15) is 0 Å². The topological polar surface area (TPSA) is 26.0 Å². The maximum Gasteiger partial charge on any atom is 0.0406 e. The highest BCUT2D eigenvalue weighted by molar-refractivity contribution is 5.28. The summed E-state index contributed by atoms with van der Waals surface area (Å²) in [6, 6.07) is 8.71. The maximum absolute atomic E-state index is 6.38. The first-order chi connectivity index (χ1) is 7.02. The van der Waals surface area contributed by atoms with Gasteiger partial charge in [-0.25, -0.2) is 0 Å². The summed E-state index contributed by atoms with van der Waals surface area (Å²) < 4.78 is 0. The summed E-state index contributed by atoms with van der Waals surface area (Å²) in [5.74, 6) is 0.505. The summed E-state index contributed by atoms with van der Waals surface area (Å²) >= 11 is 0. The fraction of sp³-hybridized carbons (Fsp3) is 0.571. The van der Waals surface area contributed by atoms with Gasteiger partial charge < -0.3 is 5.73 Å². The van der Waals surface area contributed by atoms with Gasteiger partial charge in [-0.3, -0.25) is 0 Å². The van der Waals surface area contributed by atoms with Gasteiger partial charge in [-0.2, -0.15) is 0 Å². The quantitative estimate of drug-likeness (QED) is 0.800. The van der Waals surface area contributed by atoms with Gasteiger partial charge in [0.2, 0.25) is 0 Å². The van der Waals surface area contributed by atoms with Crippen LogP contribution in [0.3, 0.4) is 0 Å². The van der Waals surface area contributed by atoms with Crippen LogP contribution < -0.4 is 5.73 Å². The highest BCUT2D eigenvalue weighted by Crippen LogP contribution is 2.28. The number of aryl methyl sites for hydroxylation is 1. The van der Waals surface area contributed by atoms with E-state index in [1.165, 1.54) is 11.1 Å². The molecule has 0 aliphatic carbocycles. The van der Waals surface area contributed by atoms with Gasteiger partial charge in [0.05, 0.1) is 0 Å². The van der Waals surface area contributed by atoms with Crippen molar-refractivity contribution in [2.75, 3.05) is 0 Å². The van der Waals surface area contributed by atoms with E-state index in [-0.39, 0.29) is 5.54 Å². The minimum Gasteiger partial charge on any atom is -0.321 e. The van der Waals surface area contributed by atoms with E-state index in [1.54, 1.807) is 0 Å². The molecule has 1 aromatic rings. The summed E-state index contributed by atoms with van der Waals surface area (Å²) in [5, 5.41) is 0. The van der Waals surface area contributed by atoms with Crippen molar-refractivity contribution < 1.29 is 0 Å². The van der Waals surface area contributed by atoms with Crippen LogP contribution in [0.15, 0.2) is 24.3 Å². The minimum atomic E-state index is -0.207. The largest absolute Gasteiger partial charge is 0.321 e. The van der Waals surface area contributed by atoms with Crippen LogP contribution in [0.25, 0.3) is 0 Å². The van der Waals surface area contributed by atoms with Gasteiger partial charge in [-0.05, 0) is 30.4 Å². The fourth-order valence-corrected chi connectivity index (χ4v) is 1.81. The Balaban J connectivity index is 2.94. The average molecular weight is 205 g/mol. The second-order valence-electron chi connectivity index (χ2n) is 4.64. The van der Waals surface area contributed by atoms with Gasteiger partial charge in [0, 0.05) is 5.54 Å². The summed E-state index contributed by atoms with van der Waals surface area (Å²) in [6.45, 7) is 8.71. The van der Waals surface area contributed by atoms with Crippen molar-refractivity contribution >= 4 is 0 Å². The Hall–Kier alpha value is -0.820. The number of rotatable bonds is 4. The van der Waals surface area contributed by atoms with Crippen LogP contribution in [0.2, 0.25) is 0 Å². The Bertz CT molecular complexity index is 298. The van der Waals surface area contributed by atoms with E-state index in [2.05, 4.69) is 52.0 Å². The van der Waals surface area contributed by atoms with Crippen LogP contribution in [0.5, 0.6) is 0 Å². The first-order valence-corrected chi connectivity index (χ1v) is 5.90. The summed E-state index contributed by atoms with van der Waals surface area (Å²) in [4.78, 5) is 0. The molecule has 0 saturated heterocycles. The maximum atomic E-state index is 6.38. The van der Waals surface area contributed by atoms with Crippen LogP contribution in [0.1, 0.15) is 45.2 Å².